The van der Waals surface area contributed by atoms with Gasteiger partial charge in [0.1, 0.15) is 11.4 Å². The van der Waals surface area contributed by atoms with Crippen LogP contribution in [0.4, 0.5) is 8.78 Å². The number of aliphatic hydroxyl groups is 1. The molecule has 2 aromatic rings. The highest BCUT2D eigenvalue weighted by Gasteiger charge is 2.13. The summed E-state index contributed by atoms with van der Waals surface area (Å²) in [7, 11) is 0. The lowest BCUT2D eigenvalue weighted by Crippen LogP contribution is -2.28. The van der Waals surface area contributed by atoms with Gasteiger partial charge in [-0.25, -0.2) is 0 Å². The van der Waals surface area contributed by atoms with Gasteiger partial charge in [-0.05, 0) is 29.8 Å². The summed E-state index contributed by atoms with van der Waals surface area (Å²) in [5.74, 6) is -0.406. The molecule has 1 aromatic carbocycles. The lowest BCUT2D eigenvalue weighted by atomic mass is 10.1. The van der Waals surface area contributed by atoms with Crippen molar-refractivity contribution in [2.24, 2.45) is 0 Å². The molecule has 0 spiro atoms. The van der Waals surface area contributed by atoms with Gasteiger partial charge in [0.05, 0.1) is 6.10 Å². The van der Waals surface area contributed by atoms with Crippen molar-refractivity contribution in [2.75, 3.05) is 6.54 Å². The molecule has 112 valence electrons. The fraction of sp³-hybridized carbons (Fsp3) is 0.214. The number of aliphatic hydroxyl groups excluding tert-OH is 1. The second kappa shape index (κ2) is 6.85. The largest absolute Gasteiger partial charge is 0.435 e. The summed E-state index contributed by atoms with van der Waals surface area (Å²) in [6.45, 7) is -2.97. The first kappa shape index (κ1) is 15.0. The van der Waals surface area contributed by atoms with Crippen LogP contribution < -0.4 is 10.1 Å². The van der Waals surface area contributed by atoms with Gasteiger partial charge in [-0.3, -0.25) is 4.79 Å². The lowest BCUT2D eigenvalue weighted by Gasteiger charge is -2.13. The van der Waals surface area contributed by atoms with Crippen molar-refractivity contribution >= 4 is 5.91 Å². The molecule has 7 heteroatoms. The van der Waals surface area contributed by atoms with Crippen LogP contribution >= 0.6 is 0 Å². The zero-order valence-corrected chi connectivity index (χ0v) is 10.9. The Balaban J connectivity index is 1.94. The number of carbonyl (C=O) groups excluding carboxylic acids is 1. The second-order valence-corrected chi connectivity index (χ2v) is 4.26. The Labute approximate surface area is 119 Å². The number of halogens is 2. The molecule has 0 aliphatic carbocycles. The molecule has 1 unspecified atom stereocenters. The molecule has 0 bridgehead atoms. The number of amides is 1. The van der Waals surface area contributed by atoms with Gasteiger partial charge in [0.25, 0.3) is 5.91 Å². The quantitative estimate of drug-likeness (QED) is 0.764. The highest BCUT2D eigenvalue weighted by Crippen LogP contribution is 2.20. The van der Waals surface area contributed by atoms with E-state index in [0.29, 0.717) is 11.3 Å². The van der Waals surface area contributed by atoms with E-state index in [1.54, 1.807) is 24.4 Å². The standard InChI is InChI=1S/C14H14F2N2O3/c15-14(16)21-10-4-1-3-9(7-10)12(19)8-18-13(20)11-5-2-6-17-11/h1-7,12,14,17,19H,8H2,(H,18,20). The molecule has 0 aliphatic heterocycles. The highest BCUT2D eigenvalue weighted by molar-refractivity contribution is 5.92. The van der Waals surface area contributed by atoms with Crippen molar-refractivity contribution in [3.05, 3.63) is 53.9 Å². The van der Waals surface area contributed by atoms with E-state index in [4.69, 9.17) is 0 Å². The van der Waals surface area contributed by atoms with Crippen LogP contribution in [0.5, 0.6) is 5.75 Å². The van der Waals surface area contributed by atoms with Gasteiger partial charge in [0, 0.05) is 12.7 Å². The third-order valence-corrected chi connectivity index (χ3v) is 2.77. The minimum absolute atomic E-state index is 0.0442. The van der Waals surface area contributed by atoms with Gasteiger partial charge >= 0.3 is 6.61 Å². The summed E-state index contributed by atoms with van der Waals surface area (Å²) >= 11 is 0. The number of alkyl halides is 2. The summed E-state index contributed by atoms with van der Waals surface area (Å²) in [5.41, 5.74) is 0.747. The number of aromatic amines is 1. The Morgan fingerprint density at radius 1 is 1.33 bits per heavy atom. The van der Waals surface area contributed by atoms with Crippen molar-refractivity contribution in [1.82, 2.24) is 10.3 Å². The van der Waals surface area contributed by atoms with Crippen LogP contribution in [-0.4, -0.2) is 29.2 Å². The van der Waals surface area contributed by atoms with E-state index in [0.717, 1.165) is 0 Å². The van der Waals surface area contributed by atoms with Gasteiger partial charge in [-0.15, -0.1) is 0 Å². The molecule has 21 heavy (non-hydrogen) atoms. The van der Waals surface area contributed by atoms with Crippen LogP contribution in [0.1, 0.15) is 22.2 Å². The topological polar surface area (TPSA) is 74.3 Å². The molecule has 1 atom stereocenters. The normalized spacial score (nSPS) is 12.2. The van der Waals surface area contributed by atoms with Crippen molar-refractivity contribution < 1.29 is 23.4 Å². The predicted molar refractivity (Wildman–Crippen MR) is 71.2 cm³/mol. The van der Waals surface area contributed by atoms with Gasteiger partial charge in [0.15, 0.2) is 0 Å². The van der Waals surface area contributed by atoms with Crippen molar-refractivity contribution in [2.45, 2.75) is 12.7 Å². The number of rotatable bonds is 6. The van der Waals surface area contributed by atoms with Crippen LogP contribution in [0.15, 0.2) is 42.6 Å². The molecular formula is C14H14F2N2O3. The number of ether oxygens (including phenoxy) is 1. The minimum Gasteiger partial charge on any atom is -0.435 e. The third-order valence-electron chi connectivity index (χ3n) is 2.77. The van der Waals surface area contributed by atoms with E-state index >= 15 is 0 Å². The Morgan fingerprint density at radius 3 is 2.81 bits per heavy atom. The smallest absolute Gasteiger partial charge is 0.387 e. The maximum atomic E-state index is 12.1. The van der Waals surface area contributed by atoms with Gasteiger partial charge in [0.2, 0.25) is 0 Å². The van der Waals surface area contributed by atoms with Crippen LogP contribution in [0.3, 0.4) is 0 Å². The van der Waals surface area contributed by atoms with Crippen LogP contribution in [0.25, 0.3) is 0 Å². The molecule has 0 saturated heterocycles. The van der Waals surface area contributed by atoms with E-state index in [1.807, 2.05) is 0 Å². The van der Waals surface area contributed by atoms with Crippen molar-refractivity contribution in [3.8, 4) is 5.75 Å². The second-order valence-electron chi connectivity index (χ2n) is 4.26. The monoisotopic (exact) mass is 296 g/mol. The number of hydrogen-bond donors (Lipinski definition) is 3. The summed E-state index contributed by atoms with van der Waals surface area (Å²) < 4.78 is 28.5. The molecule has 0 saturated carbocycles. The summed E-state index contributed by atoms with van der Waals surface area (Å²) in [5, 5.41) is 12.5. The first-order valence-electron chi connectivity index (χ1n) is 6.20. The molecule has 1 amide bonds. The molecule has 2 rings (SSSR count). The zero-order valence-electron chi connectivity index (χ0n) is 10.9. The Bertz CT molecular complexity index is 588. The average molecular weight is 296 g/mol. The first-order valence-corrected chi connectivity index (χ1v) is 6.20. The summed E-state index contributed by atoms with van der Waals surface area (Å²) in [4.78, 5) is 14.4. The van der Waals surface area contributed by atoms with E-state index in [1.165, 1.54) is 18.2 Å². The maximum absolute atomic E-state index is 12.1. The van der Waals surface area contributed by atoms with Crippen molar-refractivity contribution in [3.63, 3.8) is 0 Å². The molecule has 0 aliphatic rings. The minimum atomic E-state index is -2.93. The molecule has 5 nitrogen and oxygen atoms in total. The number of benzene rings is 1. The van der Waals surface area contributed by atoms with Crippen molar-refractivity contribution in [1.29, 1.82) is 0 Å². The first-order chi connectivity index (χ1) is 10.1. The number of nitrogens with one attached hydrogen (secondary N) is 2. The predicted octanol–water partition coefficient (Wildman–Crippen LogP) is 2.08. The van der Waals surface area contributed by atoms with Crippen LogP contribution in [0.2, 0.25) is 0 Å². The fourth-order valence-corrected chi connectivity index (χ4v) is 1.77. The molecular weight excluding hydrogens is 282 g/mol. The van der Waals surface area contributed by atoms with E-state index in [9.17, 15) is 18.7 Å². The van der Waals surface area contributed by atoms with Crippen LogP contribution in [0, 0.1) is 0 Å². The fourth-order valence-electron chi connectivity index (χ4n) is 1.77. The summed E-state index contributed by atoms with van der Waals surface area (Å²) in [6.07, 6.45) is 0.585. The maximum Gasteiger partial charge on any atom is 0.387 e. The summed E-state index contributed by atoms with van der Waals surface area (Å²) in [6, 6.07) is 8.99. The van der Waals surface area contributed by atoms with Gasteiger partial charge < -0.3 is 20.1 Å². The van der Waals surface area contributed by atoms with Gasteiger partial charge in [-0.2, -0.15) is 8.78 Å². The third kappa shape index (κ3) is 4.28. The lowest BCUT2D eigenvalue weighted by molar-refractivity contribution is -0.0499. The Hall–Kier alpha value is -2.41. The Kier molecular flexibility index (Phi) is 4.89. The molecule has 0 fully saturated rings. The van der Waals surface area contributed by atoms with Gasteiger partial charge in [-0.1, -0.05) is 12.1 Å². The number of aromatic nitrogens is 1. The van der Waals surface area contributed by atoms with E-state index < -0.39 is 12.7 Å². The average Bonchev–Trinajstić information content (AvgIpc) is 2.98. The molecule has 1 heterocycles. The zero-order chi connectivity index (χ0) is 15.2. The van der Waals surface area contributed by atoms with E-state index in [2.05, 4.69) is 15.0 Å². The SMILES string of the molecule is O=C(NCC(O)c1cccc(OC(F)F)c1)c1ccc[nH]1. The molecule has 0 radical (unpaired) electrons. The highest BCUT2D eigenvalue weighted by atomic mass is 19.3. The molecule has 3 N–H and O–H groups in total. The van der Waals surface area contributed by atoms with E-state index in [-0.39, 0.29) is 18.2 Å². The number of H-pyrrole nitrogens is 1. The number of hydrogen-bond acceptors (Lipinski definition) is 3. The molecule has 1 aromatic heterocycles. The number of carbonyl (C=O) groups is 1. The Morgan fingerprint density at radius 2 is 2.14 bits per heavy atom. The van der Waals surface area contributed by atoms with Crippen LogP contribution in [-0.2, 0) is 0 Å².